The van der Waals surface area contributed by atoms with E-state index in [0.717, 1.165) is 0 Å². The van der Waals surface area contributed by atoms with Crippen LogP contribution in [0.1, 0.15) is 12.8 Å². The maximum absolute atomic E-state index is 11.0. The zero-order valence-electron chi connectivity index (χ0n) is 7.23. The van der Waals surface area contributed by atoms with Gasteiger partial charge in [0.15, 0.2) is 6.33 Å². The summed E-state index contributed by atoms with van der Waals surface area (Å²) in [6, 6.07) is 0. The number of sulfonamides is 1. The van der Waals surface area contributed by atoms with Gasteiger partial charge in [-0.1, -0.05) is 5.16 Å². The van der Waals surface area contributed by atoms with Gasteiger partial charge in [-0.25, -0.2) is 13.1 Å². The Morgan fingerprint density at radius 1 is 1.62 bits per heavy atom. The van der Waals surface area contributed by atoms with Crippen molar-refractivity contribution in [2.75, 3.05) is 12.3 Å². The van der Waals surface area contributed by atoms with Crippen LogP contribution in [0.5, 0.6) is 0 Å². The van der Waals surface area contributed by atoms with Crippen LogP contribution in [0.15, 0.2) is 10.9 Å². The van der Waals surface area contributed by atoms with Crippen LogP contribution in [-0.2, 0) is 16.4 Å². The summed E-state index contributed by atoms with van der Waals surface area (Å²) in [6.07, 6.45) is 1.70. The van der Waals surface area contributed by atoms with Gasteiger partial charge < -0.3 is 4.52 Å². The standard InChI is InChI=1S/C6H11N3O3S/c1-2-13(10,11)9-4-3-6-7-5-8-12-6/h5,9H,2-4H2,1H3. The highest BCUT2D eigenvalue weighted by molar-refractivity contribution is 7.89. The minimum Gasteiger partial charge on any atom is -0.340 e. The van der Waals surface area contributed by atoms with Gasteiger partial charge in [0.1, 0.15) is 0 Å². The average Bonchev–Trinajstić information content (AvgIpc) is 2.57. The number of hydrogen-bond acceptors (Lipinski definition) is 5. The van der Waals surface area contributed by atoms with E-state index >= 15 is 0 Å². The first-order valence-electron chi connectivity index (χ1n) is 3.87. The molecule has 0 radical (unpaired) electrons. The van der Waals surface area contributed by atoms with Crippen LogP contribution in [0, 0.1) is 0 Å². The number of nitrogens with zero attached hydrogens (tertiary/aromatic N) is 2. The highest BCUT2D eigenvalue weighted by Crippen LogP contribution is 1.91. The van der Waals surface area contributed by atoms with E-state index in [4.69, 9.17) is 0 Å². The normalized spacial score (nSPS) is 11.8. The molecule has 13 heavy (non-hydrogen) atoms. The topological polar surface area (TPSA) is 85.1 Å². The molecule has 0 bridgehead atoms. The SMILES string of the molecule is CCS(=O)(=O)NCCc1ncno1. The quantitative estimate of drug-likeness (QED) is 0.703. The van der Waals surface area contributed by atoms with E-state index < -0.39 is 10.0 Å². The fraction of sp³-hybridized carbons (Fsp3) is 0.667. The smallest absolute Gasteiger partial charge is 0.227 e. The Kier molecular flexibility index (Phi) is 3.38. The fourth-order valence-electron chi connectivity index (χ4n) is 0.722. The minimum absolute atomic E-state index is 0.0802. The molecule has 0 aliphatic heterocycles. The summed E-state index contributed by atoms with van der Waals surface area (Å²) in [6.45, 7) is 1.87. The van der Waals surface area contributed by atoms with Gasteiger partial charge in [-0.2, -0.15) is 4.98 Å². The average molecular weight is 205 g/mol. The van der Waals surface area contributed by atoms with Crippen LogP contribution >= 0.6 is 0 Å². The van der Waals surface area contributed by atoms with Gasteiger partial charge in [0.25, 0.3) is 0 Å². The molecule has 1 aromatic heterocycles. The Morgan fingerprint density at radius 2 is 2.38 bits per heavy atom. The molecule has 7 heteroatoms. The van der Waals surface area contributed by atoms with Crippen molar-refractivity contribution in [1.82, 2.24) is 14.9 Å². The van der Waals surface area contributed by atoms with Crippen LogP contribution in [0.25, 0.3) is 0 Å². The van der Waals surface area contributed by atoms with Gasteiger partial charge in [-0.15, -0.1) is 0 Å². The molecule has 0 saturated heterocycles. The number of nitrogens with one attached hydrogen (secondary N) is 1. The maximum Gasteiger partial charge on any atom is 0.227 e. The van der Waals surface area contributed by atoms with Crippen LogP contribution in [0.4, 0.5) is 0 Å². The first kappa shape index (κ1) is 10.1. The summed E-state index contributed by atoms with van der Waals surface area (Å²) >= 11 is 0. The lowest BCUT2D eigenvalue weighted by Gasteiger charge is -2.00. The van der Waals surface area contributed by atoms with Crippen molar-refractivity contribution in [2.45, 2.75) is 13.3 Å². The molecule has 0 saturated carbocycles. The summed E-state index contributed by atoms with van der Waals surface area (Å²) in [5.74, 6) is 0.510. The Bertz CT molecular complexity index is 332. The van der Waals surface area contributed by atoms with Gasteiger partial charge in [0.2, 0.25) is 15.9 Å². The molecule has 1 aromatic rings. The summed E-state index contributed by atoms with van der Waals surface area (Å²) in [7, 11) is -3.11. The van der Waals surface area contributed by atoms with Gasteiger partial charge in [0, 0.05) is 13.0 Å². The Morgan fingerprint density at radius 3 is 2.92 bits per heavy atom. The summed E-state index contributed by atoms with van der Waals surface area (Å²) < 4.78 is 29.0. The van der Waals surface area contributed by atoms with Crippen LogP contribution < -0.4 is 4.72 Å². The lowest BCUT2D eigenvalue weighted by atomic mass is 10.4. The molecule has 1 N–H and O–H groups in total. The van der Waals surface area contributed by atoms with Crippen LogP contribution in [0.3, 0.4) is 0 Å². The molecule has 0 spiro atoms. The van der Waals surface area contributed by atoms with Crippen molar-refractivity contribution in [1.29, 1.82) is 0 Å². The number of rotatable bonds is 5. The minimum atomic E-state index is -3.11. The molecule has 0 atom stereocenters. The number of aromatic nitrogens is 2. The molecule has 6 nitrogen and oxygen atoms in total. The maximum atomic E-state index is 11.0. The first-order valence-corrected chi connectivity index (χ1v) is 5.52. The van der Waals surface area contributed by atoms with Crippen LogP contribution in [-0.4, -0.2) is 30.9 Å². The Hall–Kier alpha value is -0.950. The van der Waals surface area contributed by atoms with Gasteiger partial charge in [-0.3, -0.25) is 0 Å². The number of hydrogen-bond donors (Lipinski definition) is 1. The molecule has 0 aliphatic carbocycles. The zero-order chi connectivity index (χ0) is 9.73. The monoisotopic (exact) mass is 205 g/mol. The Balaban J connectivity index is 2.30. The highest BCUT2D eigenvalue weighted by atomic mass is 32.2. The molecule has 0 unspecified atom stereocenters. The van der Waals surface area contributed by atoms with E-state index in [9.17, 15) is 8.42 Å². The first-order chi connectivity index (χ1) is 6.14. The van der Waals surface area contributed by atoms with Crippen molar-refractivity contribution in [3.63, 3.8) is 0 Å². The predicted molar refractivity (Wildman–Crippen MR) is 45.5 cm³/mol. The predicted octanol–water partition coefficient (Wildman–Crippen LogP) is -0.449. The molecular formula is C6H11N3O3S. The lowest BCUT2D eigenvalue weighted by Crippen LogP contribution is -2.27. The molecule has 0 fully saturated rings. The van der Waals surface area contributed by atoms with E-state index in [1.165, 1.54) is 6.33 Å². The van der Waals surface area contributed by atoms with Gasteiger partial charge >= 0.3 is 0 Å². The molecule has 1 rings (SSSR count). The van der Waals surface area contributed by atoms with E-state index in [1.54, 1.807) is 6.92 Å². The second kappa shape index (κ2) is 4.33. The third-order valence-corrected chi connectivity index (χ3v) is 2.85. The second-order valence-electron chi connectivity index (χ2n) is 2.38. The Labute approximate surface area is 76.4 Å². The highest BCUT2D eigenvalue weighted by Gasteiger charge is 2.06. The van der Waals surface area contributed by atoms with Crippen molar-refractivity contribution in [3.05, 3.63) is 12.2 Å². The van der Waals surface area contributed by atoms with Crippen molar-refractivity contribution in [3.8, 4) is 0 Å². The van der Waals surface area contributed by atoms with Crippen LogP contribution in [0.2, 0.25) is 0 Å². The summed E-state index contributed by atoms with van der Waals surface area (Å²) in [5.41, 5.74) is 0. The molecule has 0 amide bonds. The zero-order valence-corrected chi connectivity index (χ0v) is 8.04. The summed E-state index contributed by atoms with van der Waals surface area (Å²) in [4.78, 5) is 3.75. The molecule has 0 aliphatic rings. The van der Waals surface area contributed by atoms with Crippen molar-refractivity contribution < 1.29 is 12.9 Å². The third-order valence-electron chi connectivity index (χ3n) is 1.45. The fourth-order valence-corrected chi connectivity index (χ4v) is 1.34. The molecule has 74 valence electrons. The largest absolute Gasteiger partial charge is 0.340 e. The third kappa shape index (κ3) is 3.51. The molecule has 1 heterocycles. The van der Waals surface area contributed by atoms with Crippen molar-refractivity contribution in [2.24, 2.45) is 0 Å². The molecule has 0 aromatic carbocycles. The summed E-state index contributed by atoms with van der Waals surface area (Å²) in [5, 5.41) is 3.39. The van der Waals surface area contributed by atoms with Crippen molar-refractivity contribution >= 4 is 10.0 Å². The van der Waals surface area contributed by atoms with E-state index in [-0.39, 0.29) is 5.75 Å². The van der Waals surface area contributed by atoms with Gasteiger partial charge in [-0.05, 0) is 6.92 Å². The van der Waals surface area contributed by atoms with Gasteiger partial charge in [0.05, 0.1) is 5.75 Å². The lowest BCUT2D eigenvalue weighted by molar-refractivity contribution is 0.377. The second-order valence-corrected chi connectivity index (χ2v) is 4.48. The van der Waals surface area contributed by atoms with E-state index in [1.807, 2.05) is 0 Å². The van der Waals surface area contributed by atoms with E-state index in [0.29, 0.717) is 18.9 Å². The van der Waals surface area contributed by atoms with E-state index in [2.05, 4.69) is 19.4 Å². The molecular weight excluding hydrogens is 194 g/mol.